The molecule has 0 atom stereocenters. The topological polar surface area (TPSA) is 32.7 Å². The summed E-state index contributed by atoms with van der Waals surface area (Å²) < 4.78 is 0. The van der Waals surface area contributed by atoms with E-state index >= 15 is 0 Å². The van der Waals surface area contributed by atoms with Crippen LogP contribution in [-0.2, 0) is 4.79 Å². The molecule has 100 valence electrons. The third-order valence-electron chi connectivity index (χ3n) is 3.72. The SMILES string of the molecule is O=C1CSC(=Nc2ccccc2)N1C1CCCCC1. The lowest BCUT2D eigenvalue weighted by Gasteiger charge is -2.30. The lowest BCUT2D eigenvalue weighted by molar-refractivity contribution is -0.126. The first-order chi connectivity index (χ1) is 9.34. The van der Waals surface area contributed by atoms with Gasteiger partial charge < -0.3 is 0 Å². The molecular weight excluding hydrogens is 256 g/mol. The van der Waals surface area contributed by atoms with Gasteiger partial charge in [0, 0.05) is 6.04 Å². The number of thioether (sulfide) groups is 1. The number of hydrogen-bond donors (Lipinski definition) is 0. The number of rotatable bonds is 2. The zero-order chi connectivity index (χ0) is 13.1. The summed E-state index contributed by atoms with van der Waals surface area (Å²) in [5.74, 6) is 0.772. The molecular formula is C15H18N2OS. The molecule has 1 heterocycles. The first-order valence-electron chi connectivity index (χ1n) is 6.93. The molecule has 1 amide bonds. The Hall–Kier alpha value is -1.29. The van der Waals surface area contributed by atoms with Crippen molar-refractivity contribution in [1.82, 2.24) is 4.90 Å². The van der Waals surface area contributed by atoms with Crippen LogP contribution in [-0.4, -0.2) is 27.8 Å². The standard InChI is InChI=1S/C15H18N2OS/c18-14-11-19-15(16-12-7-3-1-4-8-12)17(14)13-9-5-2-6-10-13/h1,3-4,7-8,13H,2,5-6,9-11H2. The van der Waals surface area contributed by atoms with E-state index in [0.29, 0.717) is 11.8 Å². The van der Waals surface area contributed by atoms with Crippen LogP contribution in [0.2, 0.25) is 0 Å². The smallest absolute Gasteiger partial charge is 0.239 e. The predicted molar refractivity (Wildman–Crippen MR) is 79.7 cm³/mol. The van der Waals surface area contributed by atoms with Crippen LogP contribution in [0.1, 0.15) is 32.1 Å². The molecule has 2 aliphatic rings. The minimum absolute atomic E-state index is 0.228. The number of aliphatic imine (C=N–C) groups is 1. The van der Waals surface area contributed by atoms with Crippen molar-refractivity contribution in [3.63, 3.8) is 0 Å². The van der Waals surface area contributed by atoms with Crippen molar-refractivity contribution < 1.29 is 4.79 Å². The summed E-state index contributed by atoms with van der Waals surface area (Å²) in [4.78, 5) is 18.7. The average Bonchev–Trinajstić information content (AvgIpc) is 2.82. The monoisotopic (exact) mass is 274 g/mol. The van der Waals surface area contributed by atoms with Gasteiger partial charge in [-0.25, -0.2) is 4.99 Å². The van der Waals surface area contributed by atoms with Crippen LogP contribution in [0.15, 0.2) is 35.3 Å². The van der Waals surface area contributed by atoms with Crippen LogP contribution < -0.4 is 0 Å². The van der Waals surface area contributed by atoms with E-state index in [-0.39, 0.29) is 5.91 Å². The molecule has 4 heteroatoms. The molecule has 0 aromatic heterocycles. The van der Waals surface area contributed by atoms with Crippen molar-refractivity contribution in [2.24, 2.45) is 4.99 Å². The number of nitrogens with zero attached hydrogens (tertiary/aromatic N) is 2. The number of carbonyl (C=O) groups excluding carboxylic acids is 1. The second kappa shape index (κ2) is 5.78. The van der Waals surface area contributed by atoms with Crippen molar-refractivity contribution in [2.45, 2.75) is 38.1 Å². The average molecular weight is 274 g/mol. The van der Waals surface area contributed by atoms with E-state index in [4.69, 9.17) is 0 Å². The second-order valence-electron chi connectivity index (χ2n) is 5.07. The van der Waals surface area contributed by atoms with Crippen molar-refractivity contribution in [3.05, 3.63) is 30.3 Å². The maximum Gasteiger partial charge on any atom is 0.239 e. The van der Waals surface area contributed by atoms with Crippen LogP contribution in [0.4, 0.5) is 5.69 Å². The van der Waals surface area contributed by atoms with Crippen LogP contribution in [0, 0.1) is 0 Å². The Morgan fingerprint density at radius 2 is 1.84 bits per heavy atom. The Morgan fingerprint density at radius 3 is 2.58 bits per heavy atom. The Bertz CT molecular complexity index is 480. The maximum atomic E-state index is 12.1. The lowest BCUT2D eigenvalue weighted by atomic mass is 9.94. The fraction of sp³-hybridized carbons (Fsp3) is 0.467. The lowest BCUT2D eigenvalue weighted by Crippen LogP contribution is -2.40. The summed E-state index contributed by atoms with van der Waals surface area (Å²) in [7, 11) is 0. The number of benzene rings is 1. The molecule has 0 unspecified atom stereocenters. The van der Waals surface area contributed by atoms with Gasteiger partial charge in [-0.3, -0.25) is 9.69 Å². The van der Waals surface area contributed by atoms with E-state index in [0.717, 1.165) is 23.7 Å². The summed E-state index contributed by atoms with van der Waals surface area (Å²) in [5, 5.41) is 0.892. The highest BCUT2D eigenvalue weighted by Gasteiger charge is 2.34. The van der Waals surface area contributed by atoms with Gasteiger partial charge in [-0.2, -0.15) is 0 Å². The van der Waals surface area contributed by atoms with Gasteiger partial charge in [0.25, 0.3) is 0 Å². The molecule has 1 aliphatic heterocycles. The minimum Gasteiger partial charge on any atom is -0.287 e. The molecule has 1 aromatic carbocycles. The normalized spacial score (nSPS) is 23.3. The number of amidine groups is 1. The molecule has 1 saturated carbocycles. The summed E-state index contributed by atoms with van der Waals surface area (Å²) in [6, 6.07) is 10.3. The molecule has 3 rings (SSSR count). The van der Waals surface area contributed by atoms with Gasteiger partial charge in [-0.05, 0) is 25.0 Å². The molecule has 0 radical (unpaired) electrons. The highest BCUT2D eigenvalue weighted by Crippen LogP contribution is 2.31. The van der Waals surface area contributed by atoms with Gasteiger partial charge in [0.15, 0.2) is 5.17 Å². The third kappa shape index (κ3) is 2.84. The van der Waals surface area contributed by atoms with Gasteiger partial charge in [-0.1, -0.05) is 49.2 Å². The van der Waals surface area contributed by atoms with Crippen molar-refractivity contribution >= 4 is 28.5 Å². The quantitative estimate of drug-likeness (QED) is 0.825. The minimum atomic E-state index is 0.228. The number of amides is 1. The fourth-order valence-electron chi connectivity index (χ4n) is 2.77. The predicted octanol–water partition coefficient (Wildman–Crippen LogP) is 3.58. The van der Waals surface area contributed by atoms with E-state index in [1.165, 1.54) is 19.3 Å². The van der Waals surface area contributed by atoms with E-state index in [2.05, 4.69) is 4.99 Å². The van der Waals surface area contributed by atoms with Crippen LogP contribution in [0.5, 0.6) is 0 Å². The van der Waals surface area contributed by atoms with Crippen molar-refractivity contribution in [2.75, 3.05) is 5.75 Å². The van der Waals surface area contributed by atoms with E-state index in [1.807, 2.05) is 35.2 Å². The van der Waals surface area contributed by atoms with E-state index in [1.54, 1.807) is 11.8 Å². The molecule has 1 saturated heterocycles. The number of para-hydroxylation sites is 1. The van der Waals surface area contributed by atoms with Crippen molar-refractivity contribution in [3.8, 4) is 0 Å². The summed E-state index contributed by atoms with van der Waals surface area (Å²) in [6.45, 7) is 0. The molecule has 3 nitrogen and oxygen atoms in total. The Labute approximate surface area is 118 Å². The Morgan fingerprint density at radius 1 is 1.11 bits per heavy atom. The summed E-state index contributed by atoms with van der Waals surface area (Å²) in [6.07, 6.45) is 6.02. The molecule has 2 fully saturated rings. The molecule has 1 aromatic rings. The first kappa shape index (κ1) is 12.7. The molecule has 0 spiro atoms. The molecule has 0 bridgehead atoms. The summed E-state index contributed by atoms with van der Waals surface area (Å²) in [5.41, 5.74) is 0.931. The van der Waals surface area contributed by atoms with Crippen LogP contribution in [0.25, 0.3) is 0 Å². The zero-order valence-corrected chi connectivity index (χ0v) is 11.7. The van der Waals surface area contributed by atoms with Gasteiger partial charge in [0.05, 0.1) is 11.4 Å². The van der Waals surface area contributed by atoms with Crippen molar-refractivity contribution in [1.29, 1.82) is 0 Å². The Balaban J connectivity index is 1.83. The third-order valence-corrected chi connectivity index (χ3v) is 4.66. The van der Waals surface area contributed by atoms with Gasteiger partial charge in [-0.15, -0.1) is 0 Å². The molecule has 1 aliphatic carbocycles. The van der Waals surface area contributed by atoms with Gasteiger partial charge in [0.1, 0.15) is 0 Å². The number of carbonyl (C=O) groups is 1. The van der Waals surface area contributed by atoms with Crippen LogP contribution in [0.3, 0.4) is 0 Å². The van der Waals surface area contributed by atoms with E-state index in [9.17, 15) is 4.79 Å². The summed E-state index contributed by atoms with van der Waals surface area (Å²) >= 11 is 1.57. The molecule has 19 heavy (non-hydrogen) atoms. The first-order valence-corrected chi connectivity index (χ1v) is 7.92. The molecule has 0 N–H and O–H groups in total. The van der Waals surface area contributed by atoms with Gasteiger partial charge in [0.2, 0.25) is 5.91 Å². The van der Waals surface area contributed by atoms with Crippen LogP contribution >= 0.6 is 11.8 Å². The fourth-order valence-corrected chi connectivity index (χ4v) is 3.72. The Kier molecular flexibility index (Phi) is 3.87. The number of hydrogen-bond acceptors (Lipinski definition) is 3. The largest absolute Gasteiger partial charge is 0.287 e. The highest BCUT2D eigenvalue weighted by molar-refractivity contribution is 8.15. The van der Waals surface area contributed by atoms with E-state index < -0.39 is 0 Å². The zero-order valence-electron chi connectivity index (χ0n) is 10.9. The van der Waals surface area contributed by atoms with Gasteiger partial charge >= 0.3 is 0 Å². The maximum absolute atomic E-state index is 12.1. The second-order valence-corrected chi connectivity index (χ2v) is 6.02. The highest BCUT2D eigenvalue weighted by atomic mass is 32.2.